The summed E-state index contributed by atoms with van der Waals surface area (Å²) in [6.07, 6.45) is 3.34. The van der Waals surface area contributed by atoms with E-state index in [4.69, 9.17) is 11.6 Å². The van der Waals surface area contributed by atoms with Crippen molar-refractivity contribution in [2.24, 2.45) is 23.7 Å². The number of imide groups is 2. The number of phenols is 1. The van der Waals surface area contributed by atoms with Gasteiger partial charge in [-0.2, -0.15) is 0 Å². The van der Waals surface area contributed by atoms with Gasteiger partial charge in [-0.3, -0.25) is 24.1 Å². The minimum absolute atomic E-state index is 0.0400. The van der Waals surface area contributed by atoms with Crippen LogP contribution in [0, 0.1) is 30.6 Å². The van der Waals surface area contributed by atoms with Crippen molar-refractivity contribution >= 4 is 46.6 Å². The molecule has 2 heterocycles. The Kier molecular flexibility index (Phi) is 7.37. The summed E-state index contributed by atoms with van der Waals surface area (Å²) in [4.78, 5) is 61.2. The molecule has 49 heavy (non-hydrogen) atoms. The number of allylic oxidation sites excluding steroid dienone is 2. The summed E-state index contributed by atoms with van der Waals surface area (Å²) in [5.41, 5.74) is 3.16. The monoisotopic (exact) mass is 670 g/mol. The number of anilines is 2. The van der Waals surface area contributed by atoms with Gasteiger partial charge >= 0.3 is 0 Å². The number of carbonyl (C=O) groups is 4. The summed E-state index contributed by atoms with van der Waals surface area (Å²) in [6.45, 7) is 3.85. The molecular weight excluding hydrogens is 636 g/mol. The van der Waals surface area contributed by atoms with Gasteiger partial charge in [-0.15, -0.1) is 0 Å². The maximum Gasteiger partial charge on any atom is 0.246 e. The van der Waals surface area contributed by atoms with Crippen molar-refractivity contribution in [2.75, 3.05) is 9.80 Å². The molecule has 0 radical (unpaired) electrons. The predicted molar refractivity (Wildman–Crippen MR) is 187 cm³/mol. The third-order valence-electron chi connectivity index (χ3n) is 11.3. The topological polar surface area (TPSA) is 95.0 Å². The maximum atomic E-state index is 15.3. The van der Waals surface area contributed by atoms with Crippen LogP contribution in [-0.4, -0.2) is 28.7 Å². The molecule has 0 aromatic heterocycles. The van der Waals surface area contributed by atoms with Crippen LogP contribution in [0.3, 0.4) is 0 Å². The van der Waals surface area contributed by atoms with Gasteiger partial charge < -0.3 is 5.11 Å². The Hall–Kier alpha value is -5.01. The Morgan fingerprint density at radius 3 is 2.24 bits per heavy atom. The molecule has 246 valence electrons. The van der Waals surface area contributed by atoms with Crippen molar-refractivity contribution in [3.63, 3.8) is 0 Å². The van der Waals surface area contributed by atoms with Gasteiger partial charge in [0.1, 0.15) is 5.75 Å². The summed E-state index contributed by atoms with van der Waals surface area (Å²) >= 11 is 6.39. The van der Waals surface area contributed by atoms with Gasteiger partial charge in [0, 0.05) is 16.5 Å². The highest BCUT2D eigenvalue weighted by molar-refractivity contribution is 6.32. The fourth-order valence-electron chi connectivity index (χ4n) is 9.14. The third kappa shape index (κ3) is 4.41. The largest absolute Gasteiger partial charge is 0.507 e. The molecule has 1 saturated carbocycles. The van der Waals surface area contributed by atoms with Gasteiger partial charge in [0.25, 0.3) is 0 Å². The zero-order valence-electron chi connectivity index (χ0n) is 27.2. The summed E-state index contributed by atoms with van der Waals surface area (Å²) in [7, 11) is 0. The number of para-hydroxylation sites is 1. The van der Waals surface area contributed by atoms with Crippen LogP contribution in [0.5, 0.6) is 5.75 Å². The van der Waals surface area contributed by atoms with Gasteiger partial charge in [-0.25, -0.2) is 4.90 Å². The van der Waals surface area contributed by atoms with Crippen LogP contribution >= 0.6 is 11.6 Å². The molecule has 8 heteroatoms. The number of nitrogens with zero attached hydrogens (tertiary/aromatic N) is 2. The van der Waals surface area contributed by atoms with Crippen molar-refractivity contribution in [1.82, 2.24) is 0 Å². The highest BCUT2D eigenvalue weighted by atomic mass is 35.5. The number of fused-ring (bicyclic) bond motifs is 4. The fraction of sp³-hybridized carbons (Fsp3) is 0.268. The molecule has 2 aliphatic heterocycles. The lowest BCUT2D eigenvalue weighted by Gasteiger charge is -2.50. The lowest BCUT2D eigenvalue weighted by Crippen LogP contribution is -2.53. The Morgan fingerprint density at radius 1 is 0.796 bits per heavy atom. The number of hydrogen-bond acceptors (Lipinski definition) is 5. The summed E-state index contributed by atoms with van der Waals surface area (Å²) < 4.78 is 0. The van der Waals surface area contributed by atoms with Crippen molar-refractivity contribution in [2.45, 2.75) is 44.4 Å². The van der Waals surface area contributed by atoms with Crippen LogP contribution < -0.4 is 9.80 Å². The van der Waals surface area contributed by atoms with Crippen molar-refractivity contribution in [1.29, 1.82) is 0 Å². The first-order valence-electron chi connectivity index (χ1n) is 16.8. The second kappa shape index (κ2) is 11.6. The van der Waals surface area contributed by atoms with E-state index >= 15 is 4.79 Å². The molecule has 4 aromatic carbocycles. The molecule has 4 aromatic rings. The lowest BCUT2D eigenvalue weighted by molar-refractivity contribution is -0.127. The van der Waals surface area contributed by atoms with Crippen molar-refractivity contribution in [3.05, 3.63) is 136 Å². The number of benzene rings is 4. The number of halogens is 1. The molecule has 4 amide bonds. The first-order chi connectivity index (χ1) is 23.7. The van der Waals surface area contributed by atoms with E-state index in [-0.39, 0.29) is 24.0 Å². The predicted octanol–water partition coefficient (Wildman–Crippen LogP) is 7.28. The van der Waals surface area contributed by atoms with Crippen molar-refractivity contribution in [3.8, 4) is 5.75 Å². The lowest BCUT2D eigenvalue weighted by atomic mass is 9.49. The van der Waals surface area contributed by atoms with E-state index in [0.717, 1.165) is 17.6 Å². The van der Waals surface area contributed by atoms with E-state index in [2.05, 4.69) is 0 Å². The first kappa shape index (κ1) is 31.3. The second-order valence-electron chi connectivity index (χ2n) is 13.6. The second-order valence-corrected chi connectivity index (χ2v) is 14.1. The number of carbonyl (C=O) groups excluding carboxylic acids is 4. The Balaban J connectivity index is 1.35. The minimum Gasteiger partial charge on any atom is -0.507 e. The van der Waals surface area contributed by atoms with Gasteiger partial charge in [0.15, 0.2) is 0 Å². The molecule has 0 bridgehead atoms. The van der Waals surface area contributed by atoms with E-state index in [1.54, 1.807) is 37.3 Å². The van der Waals surface area contributed by atoms with Crippen LogP contribution in [0.4, 0.5) is 11.4 Å². The summed E-state index contributed by atoms with van der Waals surface area (Å²) in [6, 6.07) is 29.0. The molecule has 0 unspecified atom stereocenters. The average Bonchev–Trinajstić information content (AvgIpc) is 3.50. The molecular formula is C41H35ClN2O5. The molecule has 1 N–H and O–H groups in total. The minimum atomic E-state index is -1.44. The average molecular weight is 671 g/mol. The van der Waals surface area contributed by atoms with Gasteiger partial charge in [-0.05, 0) is 79.1 Å². The smallest absolute Gasteiger partial charge is 0.246 e. The SMILES string of the molecule is CCc1ccc(N2C(=O)[C@H]3[C@H](CC=C4[C@H]3C[C@H]3C(=O)N(c5cccc(Cl)c5)C(=O)[C@@]3(c3ccccc3)[C@H]4c3cccc(C)c3O)C2=O)cc1. The van der Waals surface area contributed by atoms with Crippen molar-refractivity contribution < 1.29 is 24.3 Å². The van der Waals surface area contributed by atoms with E-state index in [0.29, 0.717) is 39.5 Å². The quantitative estimate of drug-likeness (QED) is 0.178. The number of rotatable bonds is 5. The van der Waals surface area contributed by atoms with Gasteiger partial charge in [-0.1, -0.05) is 96.9 Å². The van der Waals surface area contributed by atoms with Crippen LogP contribution in [0.25, 0.3) is 0 Å². The van der Waals surface area contributed by atoms with Crippen LogP contribution in [0.2, 0.25) is 5.02 Å². The molecule has 8 rings (SSSR count). The van der Waals surface area contributed by atoms with Gasteiger partial charge in [0.2, 0.25) is 23.6 Å². The number of phenolic OH excluding ortho intramolecular Hbond substituents is 1. The van der Waals surface area contributed by atoms with E-state index in [9.17, 15) is 19.5 Å². The van der Waals surface area contributed by atoms with Gasteiger partial charge in [0.05, 0.1) is 34.5 Å². The Morgan fingerprint density at radius 2 is 1.53 bits per heavy atom. The normalized spacial score (nSPS) is 27.6. The first-order valence-corrected chi connectivity index (χ1v) is 17.2. The van der Waals surface area contributed by atoms with Crippen LogP contribution in [0.1, 0.15) is 47.9 Å². The number of amides is 4. The van der Waals surface area contributed by atoms with E-state index < -0.39 is 46.8 Å². The molecule has 7 nitrogen and oxygen atoms in total. The van der Waals surface area contributed by atoms with E-state index in [1.165, 1.54) is 9.80 Å². The molecule has 3 fully saturated rings. The highest BCUT2D eigenvalue weighted by Gasteiger charge is 2.70. The maximum absolute atomic E-state index is 15.3. The zero-order valence-corrected chi connectivity index (χ0v) is 27.9. The summed E-state index contributed by atoms with van der Waals surface area (Å²) in [5.74, 6) is -4.82. The zero-order chi connectivity index (χ0) is 34.2. The number of hydrogen-bond donors (Lipinski definition) is 1. The standard InChI is InChI=1S/C41H35ClN2O5/c1-3-24-15-17-27(18-16-24)43-37(46)30-20-19-29-32(34(30)39(43)48)22-33-38(47)44(28-13-8-12-26(42)21-28)40(49)41(33,25-10-5-4-6-11-25)35(29)31-14-7-9-23(2)36(31)45/h4-19,21,30,32-35,45H,3,20,22H2,1-2H3/t30-,32+,33-,34-,35+,41+/m0/s1. The number of aryl methyl sites for hydroxylation is 2. The third-order valence-corrected chi connectivity index (χ3v) is 11.6. The molecule has 6 atom stereocenters. The van der Waals surface area contributed by atoms with Crippen LogP contribution in [-0.2, 0) is 31.0 Å². The molecule has 0 spiro atoms. The van der Waals surface area contributed by atoms with E-state index in [1.807, 2.05) is 79.7 Å². The van der Waals surface area contributed by atoms with Crippen LogP contribution in [0.15, 0.2) is 109 Å². The Labute approximate surface area is 289 Å². The fourth-order valence-corrected chi connectivity index (χ4v) is 9.32. The molecule has 2 aliphatic carbocycles. The Bertz CT molecular complexity index is 2080. The number of aromatic hydroxyl groups is 1. The molecule has 2 saturated heterocycles. The highest BCUT2D eigenvalue weighted by Crippen LogP contribution is 2.65. The summed E-state index contributed by atoms with van der Waals surface area (Å²) in [5, 5.41) is 12.1. The molecule has 4 aliphatic rings.